The van der Waals surface area contributed by atoms with Gasteiger partial charge in [-0.15, -0.1) is 11.3 Å². The molecular formula is C14H19N5O2S. The SMILES string of the molecule is O=C(NC[C@H](c1cccs1)N1CCOCC1)Nc1cn[nH]c1. The highest BCUT2D eigenvalue weighted by Gasteiger charge is 2.23. The van der Waals surface area contributed by atoms with Crippen LogP contribution < -0.4 is 10.6 Å². The number of carbonyl (C=O) groups is 1. The third-order valence-electron chi connectivity index (χ3n) is 3.57. The second-order valence-corrected chi connectivity index (χ2v) is 5.98. The number of carbonyl (C=O) groups excluding carboxylic acids is 1. The summed E-state index contributed by atoms with van der Waals surface area (Å²) in [5.74, 6) is 0. The third kappa shape index (κ3) is 3.85. The van der Waals surface area contributed by atoms with Gasteiger partial charge >= 0.3 is 6.03 Å². The van der Waals surface area contributed by atoms with E-state index in [0.29, 0.717) is 12.2 Å². The Morgan fingerprint density at radius 3 is 3.05 bits per heavy atom. The minimum absolute atomic E-state index is 0.180. The van der Waals surface area contributed by atoms with E-state index in [-0.39, 0.29) is 12.1 Å². The molecule has 22 heavy (non-hydrogen) atoms. The molecule has 2 aromatic heterocycles. The van der Waals surface area contributed by atoms with Gasteiger partial charge in [0.05, 0.1) is 31.1 Å². The number of anilines is 1. The van der Waals surface area contributed by atoms with E-state index in [2.05, 4.69) is 37.2 Å². The average Bonchev–Trinajstić information content (AvgIpc) is 3.22. The summed E-state index contributed by atoms with van der Waals surface area (Å²) in [4.78, 5) is 15.6. The van der Waals surface area contributed by atoms with Crippen LogP contribution >= 0.6 is 11.3 Å². The van der Waals surface area contributed by atoms with Crippen LogP contribution in [-0.4, -0.2) is 54.0 Å². The van der Waals surface area contributed by atoms with Crippen LogP contribution in [0.2, 0.25) is 0 Å². The van der Waals surface area contributed by atoms with E-state index in [1.54, 1.807) is 23.7 Å². The van der Waals surface area contributed by atoms with E-state index in [0.717, 1.165) is 26.3 Å². The van der Waals surface area contributed by atoms with E-state index in [4.69, 9.17) is 4.74 Å². The lowest BCUT2D eigenvalue weighted by Crippen LogP contribution is -2.44. The van der Waals surface area contributed by atoms with E-state index in [1.165, 1.54) is 4.88 Å². The van der Waals surface area contributed by atoms with Crippen LogP contribution in [0.25, 0.3) is 0 Å². The van der Waals surface area contributed by atoms with Gasteiger partial charge in [0.1, 0.15) is 0 Å². The van der Waals surface area contributed by atoms with E-state index in [1.807, 2.05) is 6.07 Å². The normalized spacial score (nSPS) is 17.1. The lowest BCUT2D eigenvalue weighted by atomic mass is 10.2. The zero-order valence-corrected chi connectivity index (χ0v) is 12.9. The number of H-pyrrole nitrogens is 1. The maximum atomic E-state index is 12.0. The smallest absolute Gasteiger partial charge is 0.319 e. The van der Waals surface area contributed by atoms with Gasteiger partial charge in [-0.1, -0.05) is 6.07 Å². The Kier molecular flexibility index (Phi) is 5.04. The molecule has 3 rings (SSSR count). The van der Waals surface area contributed by atoms with Gasteiger partial charge in [0.15, 0.2) is 0 Å². The molecule has 2 amide bonds. The molecule has 1 saturated heterocycles. The largest absolute Gasteiger partial charge is 0.379 e. The van der Waals surface area contributed by atoms with Crippen LogP contribution in [0, 0.1) is 0 Å². The molecular weight excluding hydrogens is 302 g/mol. The zero-order valence-electron chi connectivity index (χ0n) is 12.1. The molecule has 3 heterocycles. The molecule has 7 nitrogen and oxygen atoms in total. The lowest BCUT2D eigenvalue weighted by molar-refractivity contribution is 0.0175. The molecule has 0 saturated carbocycles. The van der Waals surface area contributed by atoms with Crippen molar-refractivity contribution in [2.45, 2.75) is 6.04 Å². The molecule has 3 N–H and O–H groups in total. The predicted molar refractivity (Wildman–Crippen MR) is 85.1 cm³/mol. The highest BCUT2D eigenvalue weighted by atomic mass is 32.1. The number of urea groups is 1. The molecule has 0 spiro atoms. The van der Waals surface area contributed by atoms with Gasteiger partial charge in [0.25, 0.3) is 0 Å². The number of nitrogens with one attached hydrogen (secondary N) is 3. The van der Waals surface area contributed by atoms with E-state index < -0.39 is 0 Å². The highest BCUT2D eigenvalue weighted by molar-refractivity contribution is 7.10. The highest BCUT2D eigenvalue weighted by Crippen LogP contribution is 2.25. The number of rotatable bonds is 5. The van der Waals surface area contributed by atoms with Crippen molar-refractivity contribution in [3.05, 3.63) is 34.8 Å². The first kappa shape index (κ1) is 15.0. The van der Waals surface area contributed by atoms with Gasteiger partial charge in [0.2, 0.25) is 0 Å². The fraction of sp³-hybridized carbons (Fsp3) is 0.429. The summed E-state index contributed by atoms with van der Waals surface area (Å²) in [5, 5.41) is 14.2. The summed E-state index contributed by atoms with van der Waals surface area (Å²) in [6, 6.07) is 4.11. The Hall–Kier alpha value is -1.90. The standard InChI is InChI=1S/C14H19N5O2S/c20-14(18-11-8-16-17-9-11)15-10-12(13-2-1-7-22-13)19-3-5-21-6-4-19/h1-2,7-9,12H,3-6,10H2,(H,16,17)(H2,15,18,20)/t12-/m1/s1. The lowest BCUT2D eigenvalue weighted by Gasteiger charge is -2.34. The number of aromatic nitrogens is 2. The molecule has 0 unspecified atom stereocenters. The quantitative estimate of drug-likeness (QED) is 0.782. The van der Waals surface area contributed by atoms with Crippen LogP contribution in [0.3, 0.4) is 0 Å². The maximum Gasteiger partial charge on any atom is 0.319 e. The van der Waals surface area contributed by atoms with Crippen LogP contribution in [0.5, 0.6) is 0 Å². The van der Waals surface area contributed by atoms with Crippen molar-refractivity contribution in [1.29, 1.82) is 0 Å². The van der Waals surface area contributed by atoms with E-state index in [9.17, 15) is 4.79 Å². The Bertz CT molecular complexity index is 566. The van der Waals surface area contributed by atoms with E-state index >= 15 is 0 Å². The molecule has 0 bridgehead atoms. The number of amides is 2. The fourth-order valence-corrected chi connectivity index (χ4v) is 3.32. The average molecular weight is 321 g/mol. The zero-order chi connectivity index (χ0) is 15.2. The molecule has 1 atom stereocenters. The summed E-state index contributed by atoms with van der Waals surface area (Å²) in [6.45, 7) is 3.80. The van der Waals surface area contributed by atoms with Gasteiger partial charge in [-0.05, 0) is 11.4 Å². The van der Waals surface area contributed by atoms with Crippen molar-refractivity contribution in [3.8, 4) is 0 Å². The van der Waals surface area contributed by atoms with Gasteiger partial charge in [0, 0.05) is 30.7 Å². The first-order valence-electron chi connectivity index (χ1n) is 7.22. The molecule has 8 heteroatoms. The summed E-state index contributed by atoms with van der Waals surface area (Å²) in [6.07, 6.45) is 3.20. The number of aromatic amines is 1. The Morgan fingerprint density at radius 2 is 2.36 bits per heavy atom. The summed E-state index contributed by atoms with van der Waals surface area (Å²) >= 11 is 1.71. The van der Waals surface area contributed by atoms with Crippen molar-refractivity contribution >= 4 is 23.1 Å². The summed E-state index contributed by atoms with van der Waals surface area (Å²) in [5.41, 5.74) is 0.650. The number of hydrogen-bond acceptors (Lipinski definition) is 5. The predicted octanol–water partition coefficient (Wildman–Crippen LogP) is 1.67. The minimum atomic E-state index is -0.226. The maximum absolute atomic E-state index is 12.0. The Balaban J connectivity index is 1.59. The van der Waals surface area contributed by atoms with Crippen molar-refractivity contribution in [2.75, 3.05) is 38.2 Å². The molecule has 0 aromatic carbocycles. The summed E-state index contributed by atoms with van der Waals surface area (Å²) in [7, 11) is 0. The molecule has 1 fully saturated rings. The first-order valence-corrected chi connectivity index (χ1v) is 8.10. The van der Waals surface area contributed by atoms with Gasteiger partial charge in [-0.3, -0.25) is 10.00 Å². The second-order valence-electron chi connectivity index (χ2n) is 5.00. The molecule has 118 valence electrons. The van der Waals surface area contributed by atoms with Crippen LogP contribution in [0.4, 0.5) is 10.5 Å². The van der Waals surface area contributed by atoms with Crippen molar-refractivity contribution in [3.63, 3.8) is 0 Å². The molecule has 1 aliphatic heterocycles. The Labute approximate surface area is 132 Å². The van der Waals surface area contributed by atoms with Crippen LogP contribution in [-0.2, 0) is 4.74 Å². The summed E-state index contributed by atoms with van der Waals surface area (Å²) < 4.78 is 5.41. The van der Waals surface area contributed by atoms with Crippen molar-refractivity contribution in [1.82, 2.24) is 20.4 Å². The number of ether oxygens (including phenoxy) is 1. The topological polar surface area (TPSA) is 82.3 Å². The molecule has 0 aliphatic carbocycles. The number of thiophene rings is 1. The van der Waals surface area contributed by atoms with Gasteiger partial charge < -0.3 is 15.4 Å². The monoisotopic (exact) mass is 321 g/mol. The van der Waals surface area contributed by atoms with Crippen LogP contribution in [0.15, 0.2) is 29.9 Å². The first-order chi connectivity index (χ1) is 10.8. The second kappa shape index (κ2) is 7.39. The van der Waals surface area contributed by atoms with Crippen molar-refractivity contribution < 1.29 is 9.53 Å². The number of nitrogens with zero attached hydrogens (tertiary/aromatic N) is 2. The minimum Gasteiger partial charge on any atom is -0.379 e. The number of morpholine rings is 1. The number of hydrogen-bond donors (Lipinski definition) is 3. The van der Waals surface area contributed by atoms with Crippen molar-refractivity contribution in [2.24, 2.45) is 0 Å². The molecule has 0 radical (unpaired) electrons. The fourth-order valence-electron chi connectivity index (χ4n) is 2.46. The molecule has 2 aromatic rings. The van der Waals surface area contributed by atoms with Crippen LogP contribution in [0.1, 0.15) is 10.9 Å². The van der Waals surface area contributed by atoms with Gasteiger partial charge in [-0.2, -0.15) is 5.10 Å². The Morgan fingerprint density at radius 1 is 1.50 bits per heavy atom. The molecule has 1 aliphatic rings. The van der Waals surface area contributed by atoms with Gasteiger partial charge in [-0.25, -0.2) is 4.79 Å². The third-order valence-corrected chi connectivity index (χ3v) is 4.54.